The van der Waals surface area contributed by atoms with E-state index in [0.717, 1.165) is 18.4 Å². The van der Waals surface area contributed by atoms with Crippen LogP contribution in [0.1, 0.15) is 31.2 Å². The van der Waals surface area contributed by atoms with Gasteiger partial charge in [-0.2, -0.15) is 0 Å². The van der Waals surface area contributed by atoms with Gasteiger partial charge in [-0.05, 0) is 26.7 Å². The number of halogens is 1. The fourth-order valence-electron chi connectivity index (χ4n) is 2.07. The number of hydrogen-bond donors (Lipinski definition) is 2. The van der Waals surface area contributed by atoms with Crippen molar-refractivity contribution in [3.05, 3.63) is 28.2 Å². The number of aliphatic hydroxyl groups is 1. The summed E-state index contributed by atoms with van der Waals surface area (Å²) >= 11 is 5.46. The maximum atomic E-state index is 8.95. The zero-order chi connectivity index (χ0) is 14.7. The summed E-state index contributed by atoms with van der Waals surface area (Å²) in [5.41, 5.74) is 8.12. The number of nitrogen functional groups attached to an aromatic ring is 1. The summed E-state index contributed by atoms with van der Waals surface area (Å²) in [4.78, 5) is 12.0. The van der Waals surface area contributed by atoms with E-state index in [9.17, 15) is 0 Å². The first kappa shape index (κ1) is 15.6. The molecule has 0 saturated carbocycles. The van der Waals surface area contributed by atoms with Crippen molar-refractivity contribution < 1.29 is 5.11 Å². The number of nitrogens with two attached hydrogens (primary N) is 1. The van der Waals surface area contributed by atoms with E-state index in [0.29, 0.717) is 18.2 Å². The van der Waals surface area contributed by atoms with Gasteiger partial charge in [0.15, 0.2) is 0 Å². The van der Waals surface area contributed by atoms with E-state index in [1.54, 1.807) is 18.0 Å². The number of aryl methyl sites for hydroxylation is 1. The summed E-state index contributed by atoms with van der Waals surface area (Å²) in [5.74, 6) is 1.23. The van der Waals surface area contributed by atoms with Gasteiger partial charge in [-0.3, -0.25) is 0 Å². The summed E-state index contributed by atoms with van der Waals surface area (Å²) < 4.78 is 0.192. The van der Waals surface area contributed by atoms with Gasteiger partial charge in [0.2, 0.25) is 0 Å². The van der Waals surface area contributed by atoms with Gasteiger partial charge in [-0.15, -0.1) is 0 Å². The predicted octanol–water partition coefficient (Wildman–Crippen LogP) is 2.60. The molecule has 110 valence electrons. The highest BCUT2D eigenvalue weighted by atomic mass is 79.9. The van der Waals surface area contributed by atoms with Crippen LogP contribution in [0.5, 0.6) is 0 Å². The third-order valence-electron chi connectivity index (χ3n) is 3.24. The summed E-state index contributed by atoms with van der Waals surface area (Å²) in [6.45, 7) is 4.84. The maximum absolute atomic E-state index is 8.95. The highest BCUT2D eigenvalue weighted by molar-refractivity contribution is 9.11. The molecule has 2 rings (SSSR count). The normalized spacial score (nSPS) is 19.0. The second-order valence-corrected chi connectivity index (χ2v) is 7.35. The quantitative estimate of drug-likeness (QED) is 0.622. The first-order valence-corrected chi connectivity index (χ1v) is 8.28. The standard InChI is InChI=1S/C13H19BrN4OS/c1-8-11(4-3-5-19)20-13(14)18(8)7-10-6-16-9(2)17-12(10)15/h6,13,19H,3-5,7H2,1-2H3,(H2,15,16,17). The number of aromatic nitrogens is 2. The minimum atomic E-state index is 0.192. The average Bonchev–Trinajstić information content (AvgIpc) is 2.66. The van der Waals surface area contributed by atoms with Gasteiger partial charge in [0.25, 0.3) is 0 Å². The molecule has 1 unspecified atom stereocenters. The molecule has 1 aromatic rings. The zero-order valence-corrected chi connectivity index (χ0v) is 14.0. The fraction of sp³-hybridized carbons (Fsp3) is 0.538. The van der Waals surface area contributed by atoms with Crippen LogP contribution in [-0.2, 0) is 6.54 Å². The van der Waals surface area contributed by atoms with Crippen LogP contribution in [0.2, 0.25) is 0 Å². The maximum Gasteiger partial charge on any atom is 0.135 e. The number of allylic oxidation sites excluding steroid dienone is 2. The third kappa shape index (κ3) is 3.45. The molecule has 0 bridgehead atoms. The Kier molecular flexibility index (Phi) is 5.29. The largest absolute Gasteiger partial charge is 0.396 e. The van der Waals surface area contributed by atoms with Crippen molar-refractivity contribution in [3.8, 4) is 0 Å². The lowest BCUT2D eigenvalue weighted by Crippen LogP contribution is -2.23. The second-order valence-electron chi connectivity index (χ2n) is 4.70. The number of nitrogens with zero attached hydrogens (tertiary/aromatic N) is 3. The van der Waals surface area contributed by atoms with E-state index in [2.05, 4.69) is 37.7 Å². The predicted molar refractivity (Wildman–Crippen MR) is 86.1 cm³/mol. The highest BCUT2D eigenvalue weighted by Gasteiger charge is 2.28. The summed E-state index contributed by atoms with van der Waals surface area (Å²) in [5, 5.41) is 8.95. The van der Waals surface area contributed by atoms with Crippen molar-refractivity contribution in [2.45, 2.75) is 37.5 Å². The summed E-state index contributed by atoms with van der Waals surface area (Å²) in [7, 11) is 0. The molecule has 0 spiro atoms. The molecule has 0 fully saturated rings. The first-order valence-electron chi connectivity index (χ1n) is 6.49. The molecule has 0 aromatic carbocycles. The van der Waals surface area contributed by atoms with Crippen LogP contribution >= 0.6 is 27.7 Å². The Balaban J connectivity index is 2.13. The van der Waals surface area contributed by atoms with Crippen molar-refractivity contribution in [3.63, 3.8) is 0 Å². The van der Waals surface area contributed by atoms with Gasteiger partial charge in [-0.25, -0.2) is 9.97 Å². The van der Waals surface area contributed by atoms with Gasteiger partial charge in [-0.1, -0.05) is 27.7 Å². The third-order valence-corrected chi connectivity index (χ3v) is 5.53. The molecule has 0 saturated heterocycles. The van der Waals surface area contributed by atoms with Gasteiger partial charge in [0.1, 0.15) is 15.9 Å². The lowest BCUT2D eigenvalue weighted by molar-refractivity contribution is 0.289. The average molecular weight is 359 g/mol. The van der Waals surface area contributed by atoms with Crippen molar-refractivity contribution in [1.29, 1.82) is 0 Å². The molecule has 20 heavy (non-hydrogen) atoms. The first-order chi connectivity index (χ1) is 9.52. The van der Waals surface area contributed by atoms with Crippen LogP contribution in [0, 0.1) is 6.92 Å². The molecule has 0 radical (unpaired) electrons. The molecule has 2 heterocycles. The van der Waals surface area contributed by atoms with Crippen LogP contribution in [0.3, 0.4) is 0 Å². The molecule has 7 heteroatoms. The number of aliphatic hydroxyl groups excluding tert-OH is 1. The molecular formula is C13H19BrN4OS. The van der Waals surface area contributed by atoms with Crippen LogP contribution in [-0.4, -0.2) is 30.9 Å². The van der Waals surface area contributed by atoms with Crippen LogP contribution in [0.15, 0.2) is 16.8 Å². The number of hydrogen-bond acceptors (Lipinski definition) is 6. The van der Waals surface area contributed by atoms with Crippen LogP contribution < -0.4 is 5.73 Å². The minimum absolute atomic E-state index is 0.192. The number of rotatable bonds is 5. The Morgan fingerprint density at radius 3 is 2.90 bits per heavy atom. The van der Waals surface area contributed by atoms with Crippen LogP contribution in [0.4, 0.5) is 5.82 Å². The Morgan fingerprint density at radius 2 is 2.25 bits per heavy atom. The molecule has 0 aliphatic carbocycles. The molecule has 1 aliphatic rings. The molecule has 3 N–H and O–H groups in total. The van der Waals surface area contributed by atoms with Crippen molar-refractivity contribution >= 4 is 33.5 Å². The second kappa shape index (κ2) is 6.78. The SMILES string of the molecule is CC1=C(CCCO)SC(Br)N1Cc1cnc(C)nc1N. The molecule has 1 atom stereocenters. The zero-order valence-electron chi connectivity index (χ0n) is 11.6. The molecule has 0 amide bonds. The molecular weight excluding hydrogens is 340 g/mol. The molecule has 1 aliphatic heterocycles. The Labute approximate surface area is 131 Å². The highest BCUT2D eigenvalue weighted by Crippen LogP contribution is 2.43. The summed E-state index contributed by atoms with van der Waals surface area (Å²) in [6.07, 6.45) is 3.50. The fourth-order valence-corrected chi connectivity index (χ4v) is 4.34. The van der Waals surface area contributed by atoms with Gasteiger partial charge >= 0.3 is 0 Å². The van der Waals surface area contributed by atoms with Crippen molar-refractivity contribution in [1.82, 2.24) is 14.9 Å². The van der Waals surface area contributed by atoms with Gasteiger partial charge < -0.3 is 15.7 Å². The lowest BCUT2D eigenvalue weighted by atomic mass is 10.2. The van der Waals surface area contributed by atoms with E-state index < -0.39 is 0 Å². The Bertz CT molecular complexity index is 523. The van der Waals surface area contributed by atoms with Crippen molar-refractivity contribution in [2.24, 2.45) is 0 Å². The topological polar surface area (TPSA) is 75.3 Å². The monoisotopic (exact) mass is 358 g/mol. The number of anilines is 1. The minimum Gasteiger partial charge on any atom is -0.396 e. The van der Waals surface area contributed by atoms with Crippen LogP contribution in [0.25, 0.3) is 0 Å². The van der Waals surface area contributed by atoms with E-state index in [1.807, 2.05) is 6.92 Å². The molecule has 5 nitrogen and oxygen atoms in total. The van der Waals surface area contributed by atoms with E-state index in [1.165, 1.54) is 10.6 Å². The summed E-state index contributed by atoms with van der Waals surface area (Å²) in [6, 6.07) is 0. The van der Waals surface area contributed by atoms with E-state index in [4.69, 9.17) is 10.8 Å². The van der Waals surface area contributed by atoms with Gasteiger partial charge in [0, 0.05) is 35.5 Å². The number of alkyl halides is 1. The Morgan fingerprint density at radius 1 is 1.50 bits per heavy atom. The Hall–Kier alpha value is -0.790. The smallest absolute Gasteiger partial charge is 0.135 e. The van der Waals surface area contributed by atoms with E-state index in [-0.39, 0.29) is 10.9 Å². The lowest BCUT2D eigenvalue weighted by Gasteiger charge is -2.24. The van der Waals surface area contributed by atoms with Gasteiger partial charge in [0.05, 0.1) is 0 Å². The number of thioether (sulfide) groups is 1. The molecule has 1 aromatic heterocycles. The van der Waals surface area contributed by atoms with Crippen molar-refractivity contribution in [2.75, 3.05) is 12.3 Å². The van der Waals surface area contributed by atoms with E-state index >= 15 is 0 Å².